The second kappa shape index (κ2) is 7.07. The van der Waals surface area contributed by atoms with Crippen molar-refractivity contribution in [3.05, 3.63) is 69.2 Å². The van der Waals surface area contributed by atoms with E-state index in [2.05, 4.69) is 22.0 Å². The van der Waals surface area contributed by atoms with Crippen molar-refractivity contribution in [2.45, 2.75) is 44.1 Å². The molecule has 2 aromatic carbocycles. The Kier molecular flexibility index (Phi) is 4.54. The van der Waals surface area contributed by atoms with E-state index in [1.165, 1.54) is 17.6 Å². The zero-order valence-corrected chi connectivity index (χ0v) is 17.5. The Morgan fingerprint density at radius 1 is 1.07 bits per heavy atom. The minimum absolute atomic E-state index is 0.0862. The predicted octanol–water partition coefficient (Wildman–Crippen LogP) is 6.08. The van der Waals surface area contributed by atoms with E-state index in [0.717, 1.165) is 52.8 Å². The molecule has 3 unspecified atom stereocenters. The summed E-state index contributed by atoms with van der Waals surface area (Å²) in [5, 5.41) is 0. The average molecular weight is 439 g/mol. The van der Waals surface area contributed by atoms with Crippen molar-refractivity contribution in [2.24, 2.45) is 5.92 Å². The summed E-state index contributed by atoms with van der Waals surface area (Å²) in [6.45, 7) is 0. The maximum Gasteiger partial charge on any atom is 0.170 e. The molecule has 144 valence electrons. The van der Waals surface area contributed by atoms with Gasteiger partial charge in [0, 0.05) is 16.0 Å². The zero-order valence-electron chi connectivity index (χ0n) is 15.9. The van der Waals surface area contributed by atoms with Crippen molar-refractivity contribution >= 4 is 21.7 Å². The molecule has 0 N–H and O–H groups in total. The van der Waals surface area contributed by atoms with Crippen molar-refractivity contribution in [1.29, 1.82) is 0 Å². The molecule has 2 aromatic rings. The molecular weight excluding hydrogens is 416 g/mol. The molecule has 4 heteroatoms. The van der Waals surface area contributed by atoms with Crippen LogP contribution in [-0.4, -0.2) is 19.0 Å². The normalized spacial score (nSPS) is 25.4. The van der Waals surface area contributed by atoms with Crippen molar-refractivity contribution in [3.8, 4) is 11.5 Å². The highest BCUT2D eigenvalue weighted by Gasteiger charge is 2.46. The molecule has 0 saturated heterocycles. The van der Waals surface area contributed by atoms with Gasteiger partial charge in [-0.25, -0.2) is 0 Å². The third kappa shape index (κ3) is 2.89. The Morgan fingerprint density at radius 2 is 1.82 bits per heavy atom. The molecule has 0 spiro atoms. The van der Waals surface area contributed by atoms with Gasteiger partial charge in [-0.3, -0.25) is 4.79 Å². The first-order valence-electron chi connectivity index (χ1n) is 10.0. The SMILES string of the molecule is COc1ccc(C(=O)C2C3=C(CCCC3)C3CC2c2cc(Br)ccc2O3)cc1. The van der Waals surface area contributed by atoms with Crippen LogP contribution in [0.5, 0.6) is 11.5 Å². The summed E-state index contributed by atoms with van der Waals surface area (Å²) in [6, 6.07) is 13.8. The molecule has 0 aromatic heterocycles. The monoisotopic (exact) mass is 438 g/mol. The molecule has 0 radical (unpaired) electrons. The van der Waals surface area contributed by atoms with Crippen molar-refractivity contribution in [1.82, 2.24) is 0 Å². The highest BCUT2D eigenvalue weighted by atomic mass is 79.9. The summed E-state index contributed by atoms with van der Waals surface area (Å²) in [7, 11) is 1.65. The molecule has 1 aliphatic heterocycles. The first-order chi connectivity index (χ1) is 13.7. The van der Waals surface area contributed by atoms with E-state index >= 15 is 0 Å². The van der Waals surface area contributed by atoms with Gasteiger partial charge in [-0.2, -0.15) is 0 Å². The molecule has 3 aliphatic rings. The van der Waals surface area contributed by atoms with Crippen LogP contribution < -0.4 is 9.47 Å². The molecular formula is C24H23BrO3. The fourth-order valence-electron chi connectivity index (χ4n) is 5.20. The lowest BCUT2D eigenvalue weighted by Gasteiger charge is -2.45. The number of rotatable bonds is 3. The summed E-state index contributed by atoms with van der Waals surface area (Å²) in [5.74, 6) is 2.04. The molecule has 2 bridgehead atoms. The maximum atomic E-state index is 13.7. The Hall–Kier alpha value is -2.07. The first-order valence-corrected chi connectivity index (χ1v) is 10.8. The van der Waals surface area contributed by atoms with Crippen LogP contribution in [0.1, 0.15) is 53.9 Å². The average Bonchev–Trinajstić information content (AvgIpc) is 2.74. The van der Waals surface area contributed by atoms with Crippen LogP contribution in [-0.2, 0) is 0 Å². The molecule has 1 heterocycles. The number of hydrogen-bond acceptors (Lipinski definition) is 3. The van der Waals surface area contributed by atoms with Gasteiger partial charge in [0.2, 0.25) is 0 Å². The standard InChI is InChI=1S/C24H23BrO3/c1-27-16-9-6-14(7-10-16)24(26)23-18-5-3-2-4-17(18)22-13-20(23)19-12-15(25)8-11-21(19)28-22/h6-12,20,22-23H,2-5,13H2,1H3. The van der Waals surface area contributed by atoms with E-state index in [1.807, 2.05) is 36.4 Å². The first kappa shape index (κ1) is 18.0. The number of carbonyl (C=O) groups is 1. The van der Waals surface area contributed by atoms with E-state index in [-0.39, 0.29) is 23.7 Å². The molecule has 3 nitrogen and oxygen atoms in total. The van der Waals surface area contributed by atoms with E-state index in [1.54, 1.807) is 7.11 Å². The summed E-state index contributed by atoms with van der Waals surface area (Å²) in [6.07, 6.45) is 5.46. The van der Waals surface area contributed by atoms with Gasteiger partial charge in [-0.05, 0) is 85.7 Å². The quantitative estimate of drug-likeness (QED) is 0.430. The summed E-state index contributed by atoms with van der Waals surface area (Å²) in [5.41, 5.74) is 4.67. The van der Waals surface area contributed by atoms with Crippen molar-refractivity contribution in [3.63, 3.8) is 0 Å². The Bertz CT molecular complexity index is 960. The van der Waals surface area contributed by atoms with Gasteiger partial charge in [0.05, 0.1) is 13.0 Å². The Morgan fingerprint density at radius 3 is 2.57 bits per heavy atom. The van der Waals surface area contributed by atoms with Crippen molar-refractivity contribution in [2.75, 3.05) is 7.11 Å². The van der Waals surface area contributed by atoms with Gasteiger partial charge in [-0.15, -0.1) is 0 Å². The van der Waals surface area contributed by atoms with Gasteiger partial charge in [-0.1, -0.05) is 21.5 Å². The van der Waals surface area contributed by atoms with Gasteiger partial charge in [0.1, 0.15) is 17.6 Å². The Labute approximate surface area is 173 Å². The number of methoxy groups -OCH3 is 1. The largest absolute Gasteiger partial charge is 0.497 e. The topological polar surface area (TPSA) is 35.5 Å². The maximum absolute atomic E-state index is 13.7. The van der Waals surface area contributed by atoms with Crippen LogP contribution in [0.15, 0.2) is 58.1 Å². The summed E-state index contributed by atoms with van der Waals surface area (Å²) < 4.78 is 12.7. The zero-order chi connectivity index (χ0) is 19.3. The van der Waals surface area contributed by atoms with Gasteiger partial charge in [0.25, 0.3) is 0 Å². The van der Waals surface area contributed by atoms with E-state index in [9.17, 15) is 4.79 Å². The number of allylic oxidation sites excluding steroid dienone is 1. The van der Waals surface area contributed by atoms with E-state index in [4.69, 9.17) is 9.47 Å². The van der Waals surface area contributed by atoms with Crippen LogP contribution in [0, 0.1) is 5.92 Å². The number of ketones is 1. The fourth-order valence-corrected chi connectivity index (χ4v) is 5.58. The minimum Gasteiger partial charge on any atom is -0.497 e. The minimum atomic E-state index is -0.0862. The fraction of sp³-hybridized carbons (Fsp3) is 0.375. The van der Waals surface area contributed by atoms with Crippen LogP contribution in [0.2, 0.25) is 0 Å². The number of carbonyl (C=O) groups excluding carboxylic acids is 1. The molecule has 28 heavy (non-hydrogen) atoms. The van der Waals surface area contributed by atoms with Gasteiger partial charge >= 0.3 is 0 Å². The second-order valence-electron chi connectivity index (χ2n) is 7.96. The van der Waals surface area contributed by atoms with Crippen LogP contribution >= 0.6 is 15.9 Å². The summed E-state index contributed by atoms with van der Waals surface area (Å²) >= 11 is 3.60. The number of ether oxygens (including phenoxy) is 2. The number of fused-ring (bicyclic) bond motifs is 5. The molecule has 0 saturated carbocycles. The predicted molar refractivity (Wildman–Crippen MR) is 112 cm³/mol. The van der Waals surface area contributed by atoms with Gasteiger partial charge in [0.15, 0.2) is 5.78 Å². The highest BCUT2D eigenvalue weighted by molar-refractivity contribution is 9.10. The van der Waals surface area contributed by atoms with Crippen LogP contribution in [0.4, 0.5) is 0 Å². The lowest BCUT2D eigenvalue weighted by molar-refractivity contribution is 0.0853. The number of benzene rings is 2. The van der Waals surface area contributed by atoms with Crippen LogP contribution in [0.25, 0.3) is 0 Å². The third-order valence-corrected chi connectivity index (χ3v) is 6.98. The highest BCUT2D eigenvalue weighted by Crippen LogP contribution is 2.53. The van der Waals surface area contributed by atoms with E-state index in [0.29, 0.717) is 0 Å². The molecule has 0 amide bonds. The smallest absolute Gasteiger partial charge is 0.170 e. The number of Topliss-reactive ketones (excluding diaryl/α,β-unsaturated/α-hetero) is 1. The third-order valence-electron chi connectivity index (χ3n) is 6.49. The molecule has 5 rings (SSSR count). The summed E-state index contributed by atoms with van der Waals surface area (Å²) in [4.78, 5) is 13.7. The number of halogens is 1. The lowest BCUT2D eigenvalue weighted by atomic mass is 9.64. The Balaban J connectivity index is 1.62. The number of hydrogen-bond donors (Lipinski definition) is 0. The molecule has 3 atom stereocenters. The van der Waals surface area contributed by atoms with E-state index < -0.39 is 0 Å². The lowest BCUT2D eigenvalue weighted by Crippen LogP contribution is -2.41. The van der Waals surface area contributed by atoms with Crippen LogP contribution in [0.3, 0.4) is 0 Å². The molecule has 0 fully saturated rings. The second-order valence-corrected chi connectivity index (χ2v) is 8.87. The molecule has 2 aliphatic carbocycles. The van der Waals surface area contributed by atoms with Gasteiger partial charge < -0.3 is 9.47 Å². The van der Waals surface area contributed by atoms with Crippen molar-refractivity contribution < 1.29 is 14.3 Å².